The molecule has 1 aliphatic carbocycles. The molecule has 0 bridgehead atoms. The SMILES string of the molecule is CC(O)[C@H](NC(=O)CCl)C(=O)N1CCCC[C@H]1C(=O)N[C@@H](CC1=CCc2ccccc21)C(=O)C[C@@H](Cc1ccc(O)cc1)C(N)=O. The largest absolute Gasteiger partial charge is 0.508 e. The second kappa shape index (κ2) is 15.9. The van der Waals surface area contributed by atoms with Gasteiger partial charge >= 0.3 is 0 Å². The summed E-state index contributed by atoms with van der Waals surface area (Å²) in [6.45, 7) is 1.59. The highest BCUT2D eigenvalue weighted by Gasteiger charge is 2.39. The lowest BCUT2D eigenvalue weighted by atomic mass is 9.88. The Bertz CT molecular complexity index is 1480. The number of rotatable bonds is 14. The summed E-state index contributed by atoms with van der Waals surface area (Å²) in [5, 5.41) is 25.2. The fourth-order valence-electron chi connectivity index (χ4n) is 6.10. The third kappa shape index (κ3) is 8.73. The van der Waals surface area contributed by atoms with Crippen LogP contribution in [0.4, 0.5) is 0 Å². The topological polar surface area (TPSA) is 179 Å². The Labute approximate surface area is 273 Å². The molecule has 0 saturated carbocycles. The van der Waals surface area contributed by atoms with Crippen molar-refractivity contribution in [3.63, 3.8) is 0 Å². The molecule has 1 unspecified atom stereocenters. The molecular formula is C34H41ClN4O7. The maximum absolute atomic E-state index is 13.9. The summed E-state index contributed by atoms with van der Waals surface area (Å²) in [7, 11) is 0. The average molecular weight is 653 g/mol. The van der Waals surface area contributed by atoms with Crippen molar-refractivity contribution in [2.75, 3.05) is 12.4 Å². The number of amides is 4. The minimum absolute atomic E-state index is 0.0692. The fourth-order valence-corrected chi connectivity index (χ4v) is 6.18. The number of likely N-dealkylation sites (tertiary alicyclic amines) is 1. The number of nitrogens with zero attached hydrogens (tertiary/aromatic N) is 1. The van der Waals surface area contributed by atoms with E-state index in [0.29, 0.717) is 31.2 Å². The van der Waals surface area contributed by atoms with E-state index in [2.05, 4.69) is 10.6 Å². The molecule has 1 fully saturated rings. The summed E-state index contributed by atoms with van der Waals surface area (Å²) >= 11 is 5.61. The number of primary amides is 1. The van der Waals surface area contributed by atoms with Crippen molar-refractivity contribution in [3.05, 3.63) is 71.3 Å². The van der Waals surface area contributed by atoms with Gasteiger partial charge in [0.05, 0.1) is 12.1 Å². The molecule has 11 nitrogen and oxygen atoms in total. The van der Waals surface area contributed by atoms with E-state index >= 15 is 0 Å². The minimum Gasteiger partial charge on any atom is -0.508 e. The number of carbonyl (C=O) groups is 5. The quantitative estimate of drug-likeness (QED) is 0.194. The van der Waals surface area contributed by atoms with Gasteiger partial charge in [0.1, 0.15) is 23.7 Å². The number of fused-ring (bicyclic) bond motifs is 1. The molecule has 2 aromatic carbocycles. The average Bonchev–Trinajstić information content (AvgIpc) is 3.45. The Morgan fingerprint density at radius 2 is 1.74 bits per heavy atom. The number of allylic oxidation sites excluding steroid dienone is 1. The summed E-state index contributed by atoms with van der Waals surface area (Å²) in [5.41, 5.74) is 9.40. The van der Waals surface area contributed by atoms with Gasteiger partial charge in [-0.15, -0.1) is 11.6 Å². The number of halogens is 1. The standard InChI is InChI=1S/C34H41ClN4O7/c1-20(40)31(38-30(43)19-35)34(46)39-15-5-4-8-28(39)33(45)37-27(17-23-12-11-22-6-2-3-7-26(22)23)29(42)18-24(32(36)44)16-21-9-13-25(41)14-10-21/h2-3,6-7,9-10,12-14,20,24,27-28,31,40-41H,4-5,8,11,15-19H2,1H3,(H2,36,44)(H,37,45)(H,38,43)/t20?,24-,27+,28+,31+/m1/s1. The minimum atomic E-state index is -1.30. The van der Waals surface area contributed by atoms with E-state index in [9.17, 15) is 34.2 Å². The normalized spacial score (nSPS) is 18.4. The van der Waals surface area contributed by atoms with Gasteiger partial charge in [-0.1, -0.05) is 42.5 Å². The number of hydrogen-bond acceptors (Lipinski definition) is 7. The van der Waals surface area contributed by atoms with E-state index in [1.165, 1.54) is 24.0 Å². The van der Waals surface area contributed by atoms with Crippen LogP contribution < -0.4 is 16.4 Å². The molecule has 46 heavy (non-hydrogen) atoms. The molecule has 4 amide bonds. The maximum atomic E-state index is 13.9. The lowest BCUT2D eigenvalue weighted by molar-refractivity contribution is -0.147. The predicted molar refractivity (Wildman–Crippen MR) is 172 cm³/mol. The number of carbonyl (C=O) groups excluding carboxylic acids is 5. The third-order valence-corrected chi connectivity index (χ3v) is 8.85. The van der Waals surface area contributed by atoms with Gasteiger partial charge in [-0.05, 0) is 73.4 Å². The maximum Gasteiger partial charge on any atom is 0.248 e. The highest BCUT2D eigenvalue weighted by Crippen LogP contribution is 2.31. The summed E-state index contributed by atoms with van der Waals surface area (Å²) < 4.78 is 0. The van der Waals surface area contributed by atoms with E-state index in [4.69, 9.17) is 17.3 Å². The zero-order valence-electron chi connectivity index (χ0n) is 25.8. The number of benzene rings is 2. The second-order valence-electron chi connectivity index (χ2n) is 12.0. The number of piperidine rings is 1. The molecule has 4 rings (SSSR count). The van der Waals surface area contributed by atoms with Crippen LogP contribution >= 0.6 is 11.6 Å². The van der Waals surface area contributed by atoms with Gasteiger partial charge in [0, 0.05) is 25.3 Å². The van der Waals surface area contributed by atoms with Gasteiger partial charge in [-0.2, -0.15) is 0 Å². The van der Waals surface area contributed by atoms with Crippen LogP contribution in [-0.4, -0.2) is 81.2 Å². The first-order chi connectivity index (χ1) is 22.0. The molecule has 2 aromatic rings. The smallest absolute Gasteiger partial charge is 0.248 e. The van der Waals surface area contributed by atoms with Crippen molar-refractivity contribution in [2.45, 2.75) is 76.1 Å². The zero-order chi connectivity index (χ0) is 33.4. The number of nitrogens with two attached hydrogens (primary N) is 1. The predicted octanol–water partition coefficient (Wildman–Crippen LogP) is 2.00. The van der Waals surface area contributed by atoms with Crippen molar-refractivity contribution >= 4 is 46.6 Å². The Kier molecular flexibility index (Phi) is 11.9. The number of aromatic hydroxyl groups is 1. The molecule has 0 aromatic heterocycles. The Balaban J connectivity index is 1.57. The Hall–Kier alpha value is -4.22. The van der Waals surface area contributed by atoms with Crippen molar-refractivity contribution in [3.8, 4) is 5.75 Å². The van der Waals surface area contributed by atoms with E-state index in [1.807, 2.05) is 30.3 Å². The molecule has 5 atom stereocenters. The number of aliphatic hydroxyl groups excluding tert-OH is 1. The van der Waals surface area contributed by atoms with Gasteiger partial charge in [-0.3, -0.25) is 24.0 Å². The molecule has 0 spiro atoms. The first-order valence-corrected chi connectivity index (χ1v) is 16.0. The fraction of sp³-hybridized carbons (Fsp3) is 0.441. The van der Waals surface area contributed by atoms with Crippen LogP contribution in [0.25, 0.3) is 5.57 Å². The van der Waals surface area contributed by atoms with Gasteiger partial charge in [0.2, 0.25) is 23.6 Å². The van der Waals surface area contributed by atoms with Crippen LogP contribution in [0.1, 0.15) is 55.7 Å². The summed E-state index contributed by atoms with van der Waals surface area (Å²) in [5.74, 6) is -4.03. The molecule has 2 aliphatic rings. The third-order valence-electron chi connectivity index (χ3n) is 8.60. The Morgan fingerprint density at radius 1 is 1.02 bits per heavy atom. The van der Waals surface area contributed by atoms with Crippen molar-refractivity contribution in [1.82, 2.24) is 15.5 Å². The number of phenols is 1. The number of alkyl halides is 1. The summed E-state index contributed by atoms with van der Waals surface area (Å²) in [6, 6.07) is 10.8. The van der Waals surface area contributed by atoms with Crippen molar-refractivity contribution < 1.29 is 34.2 Å². The molecule has 246 valence electrons. The van der Waals surface area contributed by atoms with Crippen LogP contribution in [0.15, 0.2) is 54.6 Å². The molecule has 0 radical (unpaired) electrons. The van der Waals surface area contributed by atoms with Gasteiger partial charge in [-0.25, -0.2) is 0 Å². The first-order valence-electron chi connectivity index (χ1n) is 15.5. The van der Waals surface area contributed by atoms with Crippen LogP contribution in [0, 0.1) is 5.92 Å². The summed E-state index contributed by atoms with van der Waals surface area (Å²) in [4.78, 5) is 67.1. The zero-order valence-corrected chi connectivity index (χ0v) is 26.5. The van der Waals surface area contributed by atoms with Crippen molar-refractivity contribution in [1.29, 1.82) is 0 Å². The second-order valence-corrected chi connectivity index (χ2v) is 12.2. The highest BCUT2D eigenvalue weighted by atomic mass is 35.5. The van der Waals surface area contributed by atoms with Crippen LogP contribution in [0.5, 0.6) is 5.75 Å². The van der Waals surface area contributed by atoms with E-state index in [-0.39, 0.29) is 37.3 Å². The van der Waals surface area contributed by atoms with Crippen molar-refractivity contribution in [2.24, 2.45) is 11.7 Å². The van der Waals surface area contributed by atoms with Gasteiger partial charge in [0.25, 0.3) is 0 Å². The number of phenolic OH excluding ortho intramolecular Hbond substituents is 1. The number of ketones is 1. The molecule has 12 heteroatoms. The molecule has 1 aliphatic heterocycles. The number of aliphatic hydroxyl groups is 1. The molecular weight excluding hydrogens is 612 g/mol. The molecule has 6 N–H and O–H groups in total. The Morgan fingerprint density at radius 3 is 2.41 bits per heavy atom. The lowest BCUT2D eigenvalue weighted by Gasteiger charge is -2.38. The van der Waals surface area contributed by atoms with E-state index in [0.717, 1.165) is 16.7 Å². The molecule has 1 saturated heterocycles. The lowest BCUT2D eigenvalue weighted by Crippen LogP contribution is -2.61. The van der Waals surface area contributed by atoms with Gasteiger partial charge in [0.15, 0.2) is 5.78 Å². The van der Waals surface area contributed by atoms with E-state index < -0.39 is 59.7 Å². The first kappa shape index (κ1) is 34.6. The number of nitrogens with one attached hydrogen (secondary N) is 2. The molecule has 1 heterocycles. The number of Topliss-reactive ketones (excluding diaryl/α,β-unsaturated/α-hetero) is 1. The highest BCUT2D eigenvalue weighted by molar-refractivity contribution is 6.27. The van der Waals surface area contributed by atoms with Crippen LogP contribution in [0.2, 0.25) is 0 Å². The van der Waals surface area contributed by atoms with Crippen LogP contribution in [-0.2, 0) is 36.8 Å². The number of hydrogen-bond donors (Lipinski definition) is 5. The summed E-state index contributed by atoms with van der Waals surface area (Å²) in [6.07, 6.45) is 3.18. The van der Waals surface area contributed by atoms with Crippen LogP contribution in [0.3, 0.4) is 0 Å². The monoisotopic (exact) mass is 652 g/mol. The van der Waals surface area contributed by atoms with E-state index in [1.54, 1.807) is 12.1 Å². The van der Waals surface area contributed by atoms with Gasteiger partial charge < -0.3 is 31.5 Å².